The molecule has 1 aliphatic heterocycles. The molecule has 1 N–H and O–H groups in total. The number of alkyl halides is 3. The smallest absolute Gasteiger partial charge is 0.348 e. The summed E-state index contributed by atoms with van der Waals surface area (Å²) in [4.78, 5) is 2.09. The molecule has 150 valence electrons. The molecule has 1 unspecified atom stereocenters. The molecule has 0 amide bonds. The number of aryl methyl sites for hydroxylation is 1. The molecule has 0 bridgehead atoms. The van der Waals surface area contributed by atoms with E-state index < -0.39 is 11.7 Å². The van der Waals surface area contributed by atoms with Crippen LogP contribution in [0.3, 0.4) is 0 Å². The highest BCUT2D eigenvalue weighted by atomic mass is 32.1. The van der Waals surface area contributed by atoms with Crippen LogP contribution in [0.5, 0.6) is 0 Å². The van der Waals surface area contributed by atoms with E-state index in [0.29, 0.717) is 17.3 Å². The van der Waals surface area contributed by atoms with Gasteiger partial charge in [-0.3, -0.25) is 0 Å². The Morgan fingerprint density at radius 1 is 1.00 bits per heavy atom. The monoisotopic (exact) mass is 415 g/mol. The zero-order valence-corrected chi connectivity index (χ0v) is 16.6. The van der Waals surface area contributed by atoms with Gasteiger partial charge in [0.15, 0.2) is 5.11 Å². The minimum Gasteiger partial charge on any atom is -0.348 e. The molecule has 2 heterocycles. The van der Waals surface area contributed by atoms with Crippen molar-refractivity contribution in [3.63, 3.8) is 0 Å². The standard InChI is InChI=1S/C22H20F3N3S/c1-15-4-6-16(7-5-15)20-19-3-2-12-27(19)13-14-28(20)21(29)26-18-10-8-17(9-11-18)22(23,24)25/h2-12,20H,13-14H2,1H3,(H,26,29). The van der Waals surface area contributed by atoms with Crippen LogP contribution in [-0.4, -0.2) is 21.1 Å². The van der Waals surface area contributed by atoms with Gasteiger partial charge in [-0.05, 0) is 61.1 Å². The van der Waals surface area contributed by atoms with Gasteiger partial charge in [0.05, 0.1) is 11.6 Å². The molecule has 7 heteroatoms. The van der Waals surface area contributed by atoms with Crippen molar-refractivity contribution in [2.45, 2.75) is 25.7 Å². The summed E-state index contributed by atoms with van der Waals surface area (Å²) in [6.07, 6.45) is -2.30. The van der Waals surface area contributed by atoms with Crippen LogP contribution in [0.4, 0.5) is 18.9 Å². The Hall–Kier alpha value is -2.80. The summed E-state index contributed by atoms with van der Waals surface area (Å²) in [7, 11) is 0. The highest BCUT2D eigenvalue weighted by Gasteiger charge is 2.31. The van der Waals surface area contributed by atoms with Gasteiger partial charge in [-0.15, -0.1) is 0 Å². The number of benzene rings is 2. The molecular weight excluding hydrogens is 395 g/mol. The number of rotatable bonds is 2. The Morgan fingerprint density at radius 3 is 2.34 bits per heavy atom. The Balaban J connectivity index is 1.60. The van der Waals surface area contributed by atoms with Gasteiger partial charge in [0.25, 0.3) is 0 Å². The van der Waals surface area contributed by atoms with Crippen molar-refractivity contribution in [2.24, 2.45) is 0 Å². The molecule has 3 aromatic rings. The third-order valence-corrected chi connectivity index (χ3v) is 5.49. The van der Waals surface area contributed by atoms with Gasteiger partial charge in [0, 0.05) is 30.7 Å². The number of thiocarbonyl (C=S) groups is 1. The number of aromatic nitrogens is 1. The number of halogens is 3. The lowest BCUT2D eigenvalue weighted by molar-refractivity contribution is -0.137. The van der Waals surface area contributed by atoms with Crippen molar-refractivity contribution in [1.29, 1.82) is 0 Å². The van der Waals surface area contributed by atoms with Crippen LogP contribution in [0.2, 0.25) is 0 Å². The molecule has 29 heavy (non-hydrogen) atoms. The van der Waals surface area contributed by atoms with Crippen LogP contribution in [-0.2, 0) is 12.7 Å². The molecule has 0 saturated heterocycles. The van der Waals surface area contributed by atoms with E-state index in [1.165, 1.54) is 17.7 Å². The fraction of sp³-hybridized carbons (Fsp3) is 0.227. The highest BCUT2D eigenvalue weighted by molar-refractivity contribution is 7.80. The lowest BCUT2D eigenvalue weighted by Gasteiger charge is -2.39. The van der Waals surface area contributed by atoms with E-state index in [1.807, 2.05) is 13.0 Å². The predicted octanol–water partition coefficient (Wildman–Crippen LogP) is 5.62. The number of nitrogens with one attached hydrogen (secondary N) is 1. The zero-order chi connectivity index (χ0) is 20.6. The van der Waals surface area contributed by atoms with Crippen LogP contribution >= 0.6 is 12.2 Å². The number of nitrogens with zero attached hydrogens (tertiary/aromatic N) is 2. The van der Waals surface area contributed by atoms with Gasteiger partial charge in [-0.2, -0.15) is 13.2 Å². The SMILES string of the molecule is Cc1ccc(C2c3cccn3CCN2C(=S)Nc2ccc(C(F)(F)F)cc2)cc1. The van der Waals surface area contributed by atoms with E-state index in [1.54, 1.807) is 0 Å². The van der Waals surface area contributed by atoms with Gasteiger partial charge in [0.2, 0.25) is 0 Å². The van der Waals surface area contributed by atoms with Gasteiger partial charge < -0.3 is 14.8 Å². The molecule has 0 saturated carbocycles. The number of hydrogen-bond acceptors (Lipinski definition) is 1. The molecule has 3 nitrogen and oxygen atoms in total. The highest BCUT2D eigenvalue weighted by Crippen LogP contribution is 2.34. The summed E-state index contributed by atoms with van der Waals surface area (Å²) in [5.41, 5.74) is 3.29. The van der Waals surface area contributed by atoms with Gasteiger partial charge >= 0.3 is 6.18 Å². The zero-order valence-electron chi connectivity index (χ0n) is 15.8. The second-order valence-electron chi connectivity index (χ2n) is 7.14. The van der Waals surface area contributed by atoms with Crippen LogP contribution in [0.1, 0.15) is 28.4 Å². The van der Waals surface area contributed by atoms with Crippen molar-refractivity contribution < 1.29 is 13.2 Å². The molecule has 0 radical (unpaired) electrons. The average molecular weight is 415 g/mol. The second kappa shape index (κ2) is 7.55. The molecule has 0 spiro atoms. The lowest BCUT2D eigenvalue weighted by atomic mass is 9.99. The van der Waals surface area contributed by atoms with Gasteiger partial charge in [-0.25, -0.2) is 0 Å². The summed E-state index contributed by atoms with van der Waals surface area (Å²) in [5, 5.41) is 3.59. The van der Waals surface area contributed by atoms with Crippen molar-refractivity contribution >= 4 is 23.0 Å². The normalized spacial score (nSPS) is 16.4. The first-order valence-corrected chi connectivity index (χ1v) is 9.70. The van der Waals surface area contributed by atoms with E-state index in [-0.39, 0.29) is 6.04 Å². The first-order valence-electron chi connectivity index (χ1n) is 9.29. The minimum atomic E-state index is -4.35. The van der Waals surface area contributed by atoms with E-state index in [4.69, 9.17) is 12.2 Å². The fourth-order valence-electron chi connectivity index (χ4n) is 3.64. The quantitative estimate of drug-likeness (QED) is 0.549. The molecule has 1 aliphatic rings. The van der Waals surface area contributed by atoms with Crippen LogP contribution in [0.25, 0.3) is 0 Å². The predicted molar refractivity (Wildman–Crippen MR) is 112 cm³/mol. The van der Waals surface area contributed by atoms with Crippen molar-refractivity contribution in [3.05, 3.63) is 89.2 Å². The van der Waals surface area contributed by atoms with Crippen LogP contribution < -0.4 is 5.32 Å². The summed E-state index contributed by atoms with van der Waals surface area (Å²) in [5.74, 6) is 0. The van der Waals surface area contributed by atoms with E-state index in [0.717, 1.165) is 29.9 Å². The van der Waals surface area contributed by atoms with E-state index in [2.05, 4.69) is 51.3 Å². The van der Waals surface area contributed by atoms with Crippen molar-refractivity contribution in [3.8, 4) is 0 Å². The molecule has 0 aliphatic carbocycles. The summed E-state index contributed by atoms with van der Waals surface area (Å²) in [6.45, 7) is 3.54. The average Bonchev–Trinajstić information content (AvgIpc) is 3.16. The molecular formula is C22H20F3N3S. The maximum Gasteiger partial charge on any atom is 0.416 e. The van der Waals surface area contributed by atoms with Crippen LogP contribution in [0.15, 0.2) is 66.9 Å². The van der Waals surface area contributed by atoms with Gasteiger partial charge in [0.1, 0.15) is 0 Å². The fourth-order valence-corrected chi connectivity index (χ4v) is 3.95. The Bertz CT molecular complexity index is 1010. The summed E-state index contributed by atoms with van der Waals surface area (Å²) >= 11 is 5.65. The summed E-state index contributed by atoms with van der Waals surface area (Å²) < 4.78 is 40.6. The molecule has 1 aromatic heterocycles. The van der Waals surface area contributed by atoms with E-state index in [9.17, 15) is 13.2 Å². The molecule has 4 rings (SSSR count). The third kappa shape index (κ3) is 4.00. The first-order chi connectivity index (χ1) is 13.8. The van der Waals surface area contributed by atoms with Crippen molar-refractivity contribution in [2.75, 3.05) is 11.9 Å². The third-order valence-electron chi connectivity index (χ3n) is 5.16. The summed E-state index contributed by atoms with van der Waals surface area (Å²) in [6, 6.07) is 17.3. The molecule has 2 aromatic carbocycles. The largest absolute Gasteiger partial charge is 0.416 e. The van der Waals surface area contributed by atoms with Crippen LogP contribution in [0, 0.1) is 6.92 Å². The second-order valence-corrected chi connectivity index (χ2v) is 7.53. The number of anilines is 1. The molecule has 0 fully saturated rings. The topological polar surface area (TPSA) is 20.2 Å². The minimum absolute atomic E-state index is 0.0613. The molecule has 1 atom stereocenters. The van der Waals surface area contributed by atoms with Gasteiger partial charge in [-0.1, -0.05) is 29.8 Å². The maximum atomic E-state index is 12.8. The Labute approximate surface area is 172 Å². The first kappa shape index (κ1) is 19.5. The van der Waals surface area contributed by atoms with Crippen molar-refractivity contribution in [1.82, 2.24) is 9.47 Å². The number of fused-ring (bicyclic) bond motifs is 1. The Morgan fingerprint density at radius 2 is 1.69 bits per heavy atom. The number of hydrogen-bond donors (Lipinski definition) is 1. The maximum absolute atomic E-state index is 12.8. The van der Waals surface area contributed by atoms with E-state index >= 15 is 0 Å². The lowest BCUT2D eigenvalue weighted by Crippen LogP contribution is -2.44. The Kier molecular flexibility index (Phi) is 5.08.